The summed E-state index contributed by atoms with van der Waals surface area (Å²) in [4.78, 5) is 12.3. The van der Waals surface area contributed by atoms with Crippen molar-refractivity contribution in [3.8, 4) is 0 Å². The van der Waals surface area contributed by atoms with Crippen LogP contribution in [0.1, 0.15) is 30.6 Å². The SMILES string of the molecule is CCC(C)N(C)C(=O)c1c(F)ccc(S(N)(=O)=O)c1F. The van der Waals surface area contributed by atoms with Crippen LogP contribution in [-0.2, 0) is 10.0 Å². The van der Waals surface area contributed by atoms with Crippen LogP contribution in [0.3, 0.4) is 0 Å². The smallest absolute Gasteiger partial charge is 0.259 e. The number of carbonyl (C=O) groups excluding carboxylic acids is 1. The summed E-state index contributed by atoms with van der Waals surface area (Å²) in [6.07, 6.45) is 0.584. The normalized spacial score (nSPS) is 13.1. The van der Waals surface area contributed by atoms with Crippen LogP contribution in [0, 0.1) is 11.6 Å². The van der Waals surface area contributed by atoms with Gasteiger partial charge in [0.25, 0.3) is 5.91 Å². The first-order chi connectivity index (χ1) is 9.11. The Labute approximate surface area is 116 Å². The molecular weight excluding hydrogens is 290 g/mol. The first-order valence-electron chi connectivity index (χ1n) is 5.89. The molecule has 0 aliphatic carbocycles. The molecule has 0 bridgehead atoms. The summed E-state index contributed by atoms with van der Waals surface area (Å²) >= 11 is 0. The Morgan fingerprint density at radius 1 is 1.40 bits per heavy atom. The molecule has 1 atom stereocenters. The van der Waals surface area contributed by atoms with Gasteiger partial charge in [0.05, 0.1) is 0 Å². The summed E-state index contributed by atoms with van der Waals surface area (Å²) in [7, 11) is -2.98. The number of benzene rings is 1. The fraction of sp³-hybridized carbons (Fsp3) is 0.417. The van der Waals surface area contributed by atoms with Gasteiger partial charge in [0, 0.05) is 13.1 Å². The fourth-order valence-electron chi connectivity index (χ4n) is 1.60. The van der Waals surface area contributed by atoms with Crippen LogP contribution in [0.4, 0.5) is 8.78 Å². The minimum absolute atomic E-state index is 0.251. The third-order valence-corrected chi connectivity index (χ3v) is 4.08. The highest BCUT2D eigenvalue weighted by Crippen LogP contribution is 2.22. The van der Waals surface area contributed by atoms with E-state index in [0.29, 0.717) is 18.6 Å². The predicted molar refractivity (Wildman–Crippen MR) is 69.6 cm³/mol. The van der Waals surface area contributed by atoms with Crippen molar-refractivity contribution in [2.45, 2.75) is 31.2 Å². The monoisotopic (exact) mass is 306 g/mol. The zero-order valence-electron chi connectivity index (χ0n) is 11.4. The molecule has 0 spiro atoms. The lowest BCUT2D eigenvalue weighted by Gasteiger charge is -2.24. The van der Waals surface area contributed by atoms with Gasteiger partial charge in [0.15, 0.2) is 5.82 Å². The largest absolute Gasteiger partial charge is 0.339 e. The van der Waals surface area contributed by atoms with Crippen LogP contribution in [0.5, 0.6) is 0 Å². The van der Waals surface area contributed by atoms with Gasteiger partial charge in [-0.2, -0.15) is 0 Å². The van der Waals surface area contributed by atoms with Crippen LogP contribution in [0.15, 0.2) is 17.0 Å². The molecule has 1 aromatic carbocycles. The van der Waals surface area contributed by atoms with Gasteiger partial charge in [0.2, 0.25) is 10.0 Å². The number of halogens is 2. The number of hydrogen-bond acceptors (Lipinski definition) is 3. The van der Waals surface area contributed by atoms with E-state index in [9.17, 15) is 22.0 Å². The van der Waals surface area contributed by atoms with Crippen molar-refractivity contribution >= 4 is 15.9 Å². The number of primary sulfonamides is 1. The molecule has 0 aromatic heterocycles. The maximum atomic E-state index is 14.1. The minimum Gasteiger partial charge on any atom is -0.339 e. The molecule has 1 aromatic rings. The average Bonchev–Trinajstić information content (AvgIpc) is 2.35. The number of nitrogens with zero attached hydrogens (tertiary/aromatic N) is 1. The quantitative estimate of drug-likeness (QED) is 0.915. The van der Waals surface area contributed by atoms with Gasteiger partial charge in [-0.25, -0.2) is 22.3 Å². The number of sulfonamides is 1. The van der Waals surface area contributed by atoms with E-state index in [1.54, 1.807) is 6.92 Å². The molecule has 0 aliphatic heterocycles. The number of hydrogen-bond donors (Lipinski definition) is 1. The molecule has 0 fully saturated rings. The highest BCUT2D eigenvalue weighted by Gasteiger charge is 2.28. The van der Waals surface area contributed by atoms with Gasteiger partial charge >= 0.3 is 0 Å². The van der Waals surface area contributed by atoms with E-state index in [-0.39, 0.29) is 6.04 Å². The molecule has 1 unspecified atom stereocenters. The molecule has 2 N–H and O–H groups in total. The topological polar surface area (TPSA) is 80.5 Å². The third kappa shape index (κ3) is 3.13. The lowest BCUT2D eigenvalue weighted by Crippen LogP contribution is -2.36. The number of carbonyl (C=O) groups is 1. The number of rotatable bonds is 4. The lowest BCUT2D eigenvalue weighted by molar-refractivity contribution is 0.0730. The van der Waals surface area contributed by atoms with Gasteiger partial charge in [-0.3, -0.25) is 4.79 Å². The maximum absolute atomic E-state index is 14.1. The first-order valence-corrected chi connectivity index (χ1v) is 7.43. The number of nitrogens with two attached hydrogens (primary N) is 1. The van der Waals surface area contributed by atoms with Gasteiger partial charge < -0.3 is 4.90 Å². The Kier molecular flexibility index (Phi) is 4.82. The molecule has 1 amide bonds. The summed E-state index contributed by atoms with van der Waals surface area (Å²) in [6, 6.07) is 1.15. The van der Waals surface area contributed by atoms with Crippen LogP contribution in [0.2, 0.25) is 0 Å². The summed E-state index contributed by atoms with van der Waals surface area (Å²) in [5.74, 6) is -3.53. The molecule has 5 nitrogen and oxygen atoms in total. The van der Waals surface area contributed by atoms with Crippen LogP contribution >= 0.6 is 0 Å². The van der Waals surface area contributed by atoms with Crippen molar-refractivity contribution < 1.29 is 22.0 Å². The summed E-state index contributed by atoms with van der Waals surface area (Å²) in [6.45, 7) is 3.51. The Bertz CT molecular complexity index is 632. The molecule has 0 aliphatic rings. The van der Waals surface area contributed by atoms with Crippen LogP contribution in [0.25, 0.3) is 0 Å². The molecule has 0 saturated carbocycles. The zero-order valence-corrected chi connectivity index (χ0v) is 12.2. The lowest BCUT2D eigenvalue weighted by atomic mass is 10.1. The van der Waals surface area contributed by atoms with E-state index in [2.05, 4.69) is 0 Å². The first kappa shape index (κ1) is 16.5. The summed E-state index contributed by atoms with van der Waals surface area (Å²) < 4.78 is 50.1. The van der Waals surface area contributed by atoms with Crippen molar-refractivity contribution in [2.75, 3.05) is 7.05 Å². The van der Waals surface area contributed by atoms with Crippen molar-refractivity contribution in [1.82, 2.24) is 4.90 Å². The van der Waals surface area contributed by atoms with Gasteiger partial charge in [-0.15, -0.1) is 0 Å². The second kappa shape index (κ2) is 5.84. The van der Waals surface area contributed by atoms with Crippen molar-refractivity contribution in [2.24, 2.45) is 5.14 Å². The average molecular weight is 306 g/mol. The maximum Gasteiger partial charge on any atom is 0.259 e. The highest BCUT2D eigenvalue weighted by molar-refractivity contribution is 7.89. The van der Waals surface area contributed by atoms with Crippen molar-refractivity contribution in [3.63, 3.8) is 0 Å². The molecule has 20 heavy (non-hydrogen) atoms. The highest BCUT2D eigenvalue weighted by atomic mass is 32.2. The van der Waals surface area contributed by atoms with Gasteiger partial charge in [0.1, 0.15) is 16.3 Å². The molecule has 0 radical (unpaired) electrons. The fourth-order valence-corrected chi connectivity index (χ4v) is 2.21. The third-order valence-electron chi connectivity index (χ3n) is 3.15. The molecule has 8 heteroatoms. The second-order valence-corrected chi connectivity index (χ2v) is 5.98. The molecular formula is C12H16F2N2O3S. The number of amides is 1. The van der Waals surface area contributed by atoms with E-state index in [1.807, 2.05) is 6.92 Å². The molecule has 112 valence electrons. The Morgan fingerprint density at radius 3 is 2.40 bits per heavy atom. The van der Waals surface area contributed by atoms with E-state index < -0.39 is 38.0 Å². The predicted octanol–water partition coefficient (Wildman–Crippen LogP) is 1.48. The van der Waals surface area contributed by atoms with Crippen molar-refractivity contribution in [1.29, 1.82) is 0 Å². The van der Waals surface area contributed by atoms with Crippen molar-refractivity contribution in [3.05, 3.63) is 29.3 Å². The Balaban J connectivity index is 3.42. The van der Waals surface area contributed by atoms with E-state index in [4.69, 9.17) is 5.14 Å². The standard InChI is InChI=1S/C12H16F2N2O3S/c1-4-7(2)16(3)12(17)10-8(13)5-6-9(11(10)14)20(15,18)19/h5-7H,4H2,1-3H3,(H2,15,18,19). The molecule has 1 rings (SSSR count). The van der Waals surface area contributed by atoms with E-state index in [0.717, 1.165) is 4.90 Å². The van der Waals surface area contributed by atoms with Gasteiger partial charge in [-0.1, -0.05) is 6.92 Å². The Hall–Kier alpha value is -1.54. The molecule has 0 saturated heterocycles. The van der Waals surface area contributed by atoms with E-state index in [1.165, 1.54) is 7.05 Å². The molecule has 0 heterocycles. The minimum atomic E-state index is -4.37. The zero-order chi connectivity index (χ0) is 15.7. The second-order valence-electron chi connectivity index (χ2n) is 4.45. The van der Waals surface area contributed by atoms with E-state index >= 15 is 0 Å². The Morgan fingerprint density at radius 2 is 1.95 bits per heavy atom. The van der Waals surface area contributed by atoms with Gasteiger partial charge in [-0.05, 0) is 25.5 Å². The summed E-state index contributed by atoms with van der Waals surface area (Å²) in [5.41, 5.74) is -0.917. The summed E-state index contributed by atoms with van der Waals surface area (Å²) in [5, 5.41) is 4.82. The van der Waals surface area contributed by atoms with Crippen LogP contribution in [-0.4, -0.2) is 32.3 Å². The van der Waals surface area contributed by atoms with Crippen LogP contribution < -0.4 is 5.14 Å².